The number of phenols is 1. The lowest BCUT2D eigenvalue weighted by Gasteiger charge is -2.05. The minimum Gasteiger partial charge on any atom is -0.508 e. The van der Waals surface area contributed by atoms with E-state index in [1.165, 1.54) is 0 Å². The molecule has 110 valence electrons. The number of phenolic OH excluding ortho intramolecular Hbond substituents is 1. The zero-order valence-corrected chi connectivity index (χ0v) is 12.0. The molecule has 4 nitrogen and oxygen atoms in total. The summed E-state index contributed by atoms with van der Waals surface area (Å²) < 4.78 is 10.7. The van der Waals surface area contributed by atoms with E-state index in [-0.39, 0.29) is 5.75 Å². The topological polar surface area (TPSA) is 51.0 Å². The minimum atomic E-state index is 0.252. The van der Waals surface area contributed by atoms with Crippen molar-refractivity contribution in [2.75, 3.05) is 20.3 Å². The second kappa shape index (κ2) is 7.94. The third-order valence-electron chi connectivity index (χ3n) is 2.87. The van der Waals surface area contributed by atoms with Gasteiger partial charge in [0.2, 0.25) is 0 Å². The van der Waals surface area contributed by atoms with Gasteiger partial charge in [0.25, 0.3) is 0 Å². The van der Waals surface area contributed by atoms with Crippen molar-refractivity contribution in [2.24, 2.45) is 4.99 Å². The number of hydrogen-bond acceptors (Lipinski definition) is 4. The fourth-order valence-corrected chi connectivity index (χ4v) is 1.79. The van der Waals surface area contributed by atoms with E-state index in [1.807, 2.05) is 30.3 Å². The number of methoxy groups -OCH3 is 1. The molecule has 2 aromatic rings. The molecule has 0 unspecified atom stereocenters. The summed E-state index contributed by atoms with van der Waals surface area (Å²) >= 11 is 0. The number of benzene rings is 2. The van der Waals surface area contributed by atoms with E-state index in [1.54, 1.807) is 31.5 Å². The Kier molecular flexibility index (Phi) is 5.64. The smallest absolute Gasteiger partial charge is 0.119 e. The molecule has 0 radical (unpaired) electrons. The summed E-state index contributed by atoms with van der Waals surface area (Å²) in [5.41, 5.74) is 0.895. The number of aliphatic imine (C=N–C) groups is 1. The zero-order chi connectivity index (χ0) is 14.9. The number of aromatic hydroxyl groups is 1. The van der Waals surface area contributed by atoms with Crippen molar-refractivity contribution in [1.29, 1.82) is 0 Å². The lowest BCUT2D eigenvalue weighted by molar-refractivity contribution is 0.313. The van der Waals surface area contributed by atoms with Gasteiger partial charge >= 0.3 is 0 Å². The highest BCUT2D eigenvalue weighted by atomic mass is 16.5. The first-order valence-corrected chi connectivity index (χ1v) is 6.83. The van der Waals surface area contributed by atoms with E-state index in [0.29, 0.717) is 13.2 Å². The van der Waals surface area contributed by atoms with Crippen LogP contribution in [0.3, 0.4) is 0 Å². The van der Waals surface area contributed by atoms with Crippen molar-refractivity contribution < 1.29 is 14.6 Å². The summed E-state index contributed by atoms with van der Waals surface area (Å²) in [6.45, 7) is 1.30. The Morgan fingerprint density at radius 2 is 1.86 bits per heavy atom. The van der Waals surface area contributed by atoms with Gasteiger partial charge in [-0.2, -0.15) is 0 Å². The van der Waals surface area contributed by atoms with Crippen LogP contribution in [0.1, 0.15) is 12.0 Å². The predicted molar refractivity (Wildman–Crippen MR) is 83.7 cm³/mol. The second-order valence-corrected chi connectivity index (χ2v) is 4.51. The van der Waals surface area contributed by atoms with Crippen LogP contribution in [0.25, 0.3) is 0 Å². The van der Waals surface area contributed by atoms with Crippen molar-refractivity contribution >= 4 is 6.21 Å². The third-order valence-corrected chi connectivity index (χ3v) is 2.87. The predicted octanol–water partition coefficient (Wildman–Crippen LogP) is 3.29. The van der Waals surface area contributed by atoms with E-state index in [9.17, 15) is 5.11 Å². The molecule has 0 saturated carbocycles. The molecule has 21 heavy (non-hydrogen) atoms. The van der Waals surface area contributed by atoms with Crippen molar-refractivity contribution in [1.82, 2.24) is 0 Å². The van der Waals surface area contributed by atoms with Crippen LogP contribution in [0.15, 0.2) is 53.5 Å². The number of ether oxygens (including phenoxy) is 2. The molecular weight excluding hydrogens is 266 g/mol. The lowest BCUT2D eigenvalue weighted by Crippen LogP contribution is -1.99. The summed E-state index contributed by atoms with van der Waals surface area (Å²) in [6, 6.07) is 14.5. The Balaban J connectivity index is 1.67. The fraction of sp³-hybridized carbons (Fsp3) is 0.235. The molecule has 0 bridgehead atoms. The summed E-state index contributed by atoms with van der Waals surface area (Å²) in [5, 5.41) is 9.33. The molecule has 0 spiro atoms. The molecule has 0 atom stereocenters. The van der Waals surface area contributed by atoms with Crippen molar-refractivity contribution in [3.05, 3.63) is 54.1 Å². The number of rotatable bonds is 7. The summed E-state index contributed by atoms with van der Waals surface area (Å²) in [5.74, 6) is 1.90. The molecule has 2 rings (SSSR count). The molecular formula is C17H19NO3. The fourth-order valence-electron chi connectivity index (χ4n) is 1.79. The number of hydrogen-bond donors (Lipinski definition) is 1. The molecule has 0 aliphatic heterocycles. The van der Waals surface area contributed by atoms with Crippen LogP contribution in [0.5, 0.6) is 17.2 Å². The van der Waals surface area contributed by atoms with Crippen LogP contribution in [0.4, 0.5) is 0 Å². The van der Waals surface area contributed by atoms with Crippen LogP contribution < -0.4 is 9.47 Å². The summed E-state index contributed by atoms with van der Waals surface area (Å²) in [4.78, 5) is 4.31. The maximum atomic E-state index is 9.33. The van der Waals surface area contributed by atoms with Crippen LogP contribution in [0, 0.1) is 0 Å². The Hall–Kier alpha value is -2.49. The van der Waals surface area contributed by atoms with Crippen molar-refractivity contribution in [3.63, 3.8) is 0 Å². The standard InChI is InChI=1S/C17H19NO3/c1-20-16-6-8-17(9-7-16)21-11-3-10-18-13-14-4-2-5-15(19)12-14/h2,4-9,12-13,19H,3,10-11H2,1H3. The molecule has 0 aromatic heterocycles. The Bertz CT molecular complexity index is 579. The highest BCUT2D eigenvalue weighted by Gasteiger charge is 1.95. The van der Waals surface area contributed by atoms with E-state index < -0.39 is 0 Å². The van der Waals surface area contributed by atoms with E-state index in [2.05, 4.69) is 4.99 Å². The first-order valence-electron chi connectivity index (χ1n) is 6.83. The van der Waals surface area contributed by atoms with Gasteiger partial charge < -0.3 is 14.6 Å². The Morgan fingerprint density at radius 1 is 1.10 bits per heavy atom. The summed E-state index contributed by atoms with van der Waals surface area (Å²) in [6.07, 6.45) is 2.59. The minimum absolute atomic E-state index is 0.252. The highest BCUT2D eigenvalue weighted by molar-refractivity contribution is 5.80. The average molecular weight is 285 g/mol. The van der Waals surface area contributed by atoms with Crippen molar-refractivity contribution in [3.8, 4) is 17.2 Å². The highest BCUT2D eigenvalue weighted by Crippen LogP contribution is 2.17. The Morgan fingerprint density at radius 3 is 2.57 bits per heavy atom. The largest absolute Gasteiger partial charge is 0.508 e. The van der Waals surface area contributed by atoms with Crippen molar-refractivity contribution in [2.45, 2.75) is 6.42 Å². The van der Waals surface area contributed by atoms with Gasteiger partial charge in [0.05, 0.1) is 13.7 Å². The molecule has 0 aliphatic carbocycles. The molecule has 1 N–H and O–H groups in total. The lowest BCUT2D eigenvalue weighted by atomic mass is 10.2. The SMILES string of the molecule is COc1ccc(OCCCN=Cc2cccc(O)c2)cc1. The van der Waals surface area contributed by atoms with Crippen LogP contribution in [-0.4, -0.2) is 31.6 Å². The molecule has 2 aromatic carbocycles. The monoisotopic (exact) mass is 285 g/mol. The Labute approximate surface area is 124 Å². The van der Waals surface area contributed by atoms with Gasteiger partial charge in [-0.05, 0) is 42.0 Å². The normalized spacial score (nSPS) is 10.7. The molecule has 0 saturated heterocycles. The van der Waals surface area contributed by atoms with Gasteiger partial charge in [0, 0.05) is 19.2 Å². The van der Waals surface area contributed by atoms with Gasteiger partial charge in [0.15, 0.2) is 0 Å². The van der Waals surface area contributed by atoms with E-state index in [4.69, 9.17) is 9.47 Å². The van der Waals surface area contributed by atoms with E-state index >= 15 is 0 Å². The average Bonchev–Trinajstić information content (AvgIpc) is 2.51. The molecule has 0 fully saturated rings. The third kappa shape index (κ3) is 5.18. The first kappa shape index (κ1) is 14.9. The van der Waals surface area contributed by atoms with Crippen LogP contribution >= 0.6 is 0 Å². The molecule has 0 amide bonds. The maximum absolute atomic E-state index is 9.33. The van der Waals surface area contributed by atoms with Gasteiger partial charge in [-0.1, -0.05) is 12.1 Å². The van der Waals surface area contributed by atoms with Gasteiger partial charge in [0.1, 0.15) is 17.2 Å². The first-order chi connectivity index (χ1) is 10.3. The zero-order valence-electron chi connectivity index (χ0n) is 12.0. The second-order valence-electron chi connectivity index (χ2n) is 4.51. The van der Waals surface area contributed by atoms with Gasteiger partial charge in [-0.25, -0.2) is 0 Å². The molecule has 0 heterocycles. The van der Waals surface area contributed by atoms with Gasteiger partial charge in [-0.15, -0.1) is 0 Å². The summed E-state index contributed by atoms with van der Waals surface area (Å²) in [7, 11) is 1.64. The van der Waals surface area contributed by atoms with Crippen LogP contribution in [-0.2, 0) is 0 Å². The maximum Gasteiger partial charge on any atom is 0.119 e. The van der Waals surface area contributed by atoms with Gasteiger partial charge in [-0.3, -0.25) is 4.99 Å². The molecule has 4 heteroatoms. The molecule has 0 aliphatic rings. The quantitative estimate of drug-likeness (QED) is 0.627. The van der Waals surface area contributed by atoms with Crippen LogP contribution in [0.2, 0.25) is 0 Å². The van der Waals surface area contributed by atoms with E-state index in [0.717, 1.165) is 23.5 Å². The number of nitrogens with zero attached hydrogens (tertiary/aromatic N) is 1.